The van der Waals surface area contributed by atoms with E-state index in [1.807, 2.05) is 24.3 Å². The van der Waals surface area contributed by atoms with Crippen molar-refractivity contribution in [3.05, 3.63) is 63.9 Å². The summed E-state index contributed by atoms with van der Waals surface area (Å²) in [5.41, 5.74) is 1.32. The molecule has 0 amide bonds. The number of ether oxygens (including phenoxy) is 1. The van der Waals surface area contributed by atoms with Crippen LogP contribution >= 0.6 is 15.9 Å². The molecule has 0 aliphatic rings. The van der Waals surface area contributed by atoms with E-state index in [4.69, 9.17) is 0 Å². The molecule has 0 saturated carbocycles. The fourth-order valence-corrected chi connectivity index (χ4v) is 2.04. The van der Waals surface area contributed by atoms with E-state index in [2.05, 4.69) is 25.7 Å². The number of esters is 1. The van der Waals surface area contributed by atoms with Crippen LogP contribution in [0.3, 0.4) is 0 Å². The summed E-state index contributed by atoms with van der Waals surface area (Å²) in [5, 5.41) is 0. The molecule has 0 saturated heterocycles. The Hall–Kier alpha value is -2.01. The Morgan fingerprint density at radius 3 is 2.80 bits per heavy atom. The van der Waals surface area contributed by atoms with Crippen molar-refractivity contribution >= 4 is 33.8 Å². The summed E-state index contributed by atoms with van der Waals surface area (Å²) in [6.45, 7) is 0. The first kappa shape index (κ1) is 14.4. The van der Waals surface area contributed by atoms with Gasteiger partial charge in [-0.25, -0.2) is 9.18 Å². The Morgan fingerprint density at radius 2 is 2.10 bits per heavy atom. The maximum atomic E-state index is 13.2. The van der Waals surface area contributed by atoms with Crippen LogP contribution in [0.15, 0.2) is 51.9 Å². The van der Waals surface area contributed by atoms with Crippen molar-refractivity contribution in [3.8, 4) is 0 Å². The Balaban J connectivity index is 2.36. The van der Waals surface area contributed by atoms with E-state index in [9.17, 15) is 9.18 Å². The first-order valence-electron chi connectivity index (χ1n) is 5.77. The molecule has 102 valence electrons. The fourth-order valence-electron chi connectivity index (χ4n) is 1.63. The van der Waals surface area contributed by atoms with Gasteiger partial charge in [-0.2, -0.15) is 0 Å². The summed E-state index contributed by atoms with van der Waals surface area (Å²) in [4.78, 5) is 15.8. The van der Waals surface area contributed by atoms with Gasteiger partial charge in [0.25, 0.3) is 0 Å². The first-order chi connectivity index (χ1) is 9.60. The second kappa shape index (κ2) is 6.43. The number of carbonyl (C=O) groups excluding carboxylic acids is 1. The third kappa shape index (κ3) is 3.51. The van der Waals surface area contributed by atoms with E-state index in [-0.39, 0.29) is 5.56 Å². The van der Waals surface area contributed by atoms with Crippen LogP contribution in [0.5, 0.6) is 0 Å². The molecule has 20 heavy (non-hydrogen) atoms. The van der Waals surface area contributed by atoms with Crippen LogP contribution in [0.1, 0.15) is 15.9 Å². The molecule has 5 heteroatoms. The van der Waals surface area contributed by atoms with E-state index in [1.165, 1.54) is 19.2 Å². The Kier molecular flexibility index (Phi) is 4.63. The lowest BCUT2D eigenvalue weighted by Gasteiger charge is -2.03. The molecular formula is C15H11BrFNO2. The number of nitrogens with zero attached hydrogens (tertiary/aromatic N) is 1. The summed E-state index contributed by atoms with van der Waals surface area (Å²) >= 11 is 3.36. The molecule has 0 aromatic heterocycles. The molecule has 2 aromatic rings. The van der Waals surface area contributed by atoms with Gasteiger partial charge in [-0.05, 0) is 35.9 Å². The van der Waals surface area contributed by atoms with E-state index in [0.717, 1.165) is 16.1 Å². The zero-order valence-electron chi connectivity index (χ0n) is 10.6. The van der Waals surface area contributed by atoms with Crippen molar-refractivity contribution in [2.24, 2.45) is 4.99 Å². The number of carbonyl (C=O) groups is 1. The van der Waals surface area contributed by atoms with Gasteiger partial charge < -0.3 is 4.74 Å². The lowest BCUT2D eigenvalue weighted by atomic mass is 10.1. The van der Waals surface area contributed by atoms with Crippen LogP contribution in [0.25, 0.3) is 0 Å². The quantitative estimate of drug-likeness (QED) is 0.625. The molecule has 0 unspecified atom stereocenters. The number of aliphatic imine (C=N–C) groups is 1. The molecule has 0 radical (unpaired) electrons. The molecule has 0 aliphatic heterocycles. The second-order valence-electron chi connectivity index (χ2n) is 3.97. The standard InChI is InChI=1S/C15H11BrFNO2/c1-20-15(19)13-8-12(17)5-6-14(13)18-9-10-3-2-4-11(16)7-10/h2-9H,1H3. The summed E-state index contributed by atoms with van der Waals surface area (Å²) < 4.78 is 18.7. The molecule has 0 atom stereocenters. The van der Waals surface area contributed by atoms with Crippen molar-refractivity contribution in [1.82, 2.24) is 0 Å². The van der Waals surface area contributed by atoms with Crippen molar-refractivity contribution < 1.29 is 13.9 Å². The highest BCUT2D eigenvalue weighted by Crippen LogP contribution is 2.21. The first-order valence-corrected chi connectivity index (χ1v) is 6.57. The van der Waals surface area contributed by atoms with Crippen LogP contribution in [-0.2, 0) is 4.74 Å². The third-order valence-electron chi connectivity index (χ3n) is 2.57. The molecule has 2 aromatic carbocycles. The highest BCUT2D eigenvalue weighted by Gasteiger charge is 2.12. The lowest BCUT2D eigenvalue weighted by Crippen LogP contribution is -2.02. The number of rotatable bonds is 3. The summed E-state index contributed by atoms with van der Waals surface area (Å²) in [6, 6.07) is 11.3. The van der Waals surface area contributed by atoms with Gasteiger partial charge in [-0.15, -0.1) is 0 Å². The molecular weight excluding hydrogens is 325 g/mol. The third-order valence-corrected chi connectivity index (χ3v) is 3.06. The maximum Gasteiger partial charge on any atom is 0.340 e. The van der Waals surface area contributed by atoms with Gasteiger partial charge in [-0.1, -0.05) is 28.1 Å². The van der Waals surface area contributed by atoms with Crippen LogP contribution in [0.4, 0.5) is 10.1 Å². The minimum atomic E-state index is -0.620. The average molecular weight is 336 g/mol. The predicted octanol–water partition coefficient (Wildman–Crippen LogP) is 4.13. The maximum absolute atomic E-state index is 13.2. The molecule has 0 spiro atoms. The van der Waals surface area contributed by atoms with Crippen LogP contribution < -0.4 is 0 Å². The van der Waals surface area contributed by atoms with Gasteiger partial charge in [0.05, 0.1) is 18.4 Å². The van der Waals surface area contributed by atoms with Crippen LogP contribution in [0.2, 0.25) is 0 Å². The molecule has 0 fully saturated rings. The van der Waals surface area contributed by atoms with Gasteiger partial charge in [0, 0.05) is 10.7 Å². The summed E-state index contributed by atoms with van der Waals surface area (Å²) in [5.74, 6) is -1.13. The molecule has 0 bridgehead atoms. The second-order valence-corrected chi connectivity index (χ2v) is 4.88. The van der Waals surface area contributed by atoms with Gasteiger partial charge >= 0.3 is 5.97 Å². The number of hydrogen-bond acceptors (Lipinski definition) is 3. The number of hydrogen-bond donors (Lipinski definition) is 0. The van der Waals surface area contributed by atoms with E-state index >= 15 is 0 Å². The van der Waals surface area contributed by atoms with Crippen molar-refractivity contribution in [3.63, 3.8) is 0 Å². The lowest BCUT2D eigenvalue weighted by molar-refractivity contribution is 0.0601. The van der Waals surface area contributed by atoms with Crippen molar-refractivity contribution in [1.29, 1.82) is 0 Å². The highest BCUT2D eigenvalue weighted by atomic mass is 79.9. The minimum absolute atomic E-state index is 0.0961. The van der Waals surface area contributed by atoms with Gasteiger partial charge in [0.2, 0.25) is 0 Å². The Morgan fingerprint density at radius 1 is 1.30 bits per heavy atom. The largest absolute Gasteiger partial charge is 0.465 e. The highest BCUT2D eigenvalue weighted by molar-refractivity contribution is 9.10. The SMILES string of the molecule is COC(=O)c1cc(F)ccc1N=Cc1cccc(Br)c1. The van der Waals surface area contributed by atoms with Gasteiger partial charge in [0.15, 0.2) is 0 Å². The monoisotopic (exact) mass is 335 g/mol. The number of halogens is 2. The zero-order valence-corrected chi connectivity index (χ0v) is 12.2. The topological polar surface area (TPSA) is 38.7 Å². The molecule has 0 heterocycles. The zero-order chi connectivity index (χ0) is 14.5. The molecule has 2 rings (SSSR count). The Bertz CT molecular complexity index is 671. The summed E-state index contributed by atoms with van der Waals surface area (Å²) in [6.07, 6.45) is 1.60. The summed E-state index contributed by atoms with van der Waals surface area (Å²) in [7, 11) is 1.25. The normalized spacial score (nSPS) is 10.8. The number of methoxy groups -OCH3 is 1. The Labute approximate surface area is 124 Å². The van der Waals surface area contributed by atoms with Crippen molar-refractivity contribution in [2.75, 3.05) is 7.11 Å². The molecule has 0 aliphatic carbocycles. The molecule has 0 N–H and O–H groups in total. The smallest absolute Gasteiger partial charge is 0.340 e. The average Bonchev–Trinajstić information content (AvgIpc) is 2.45. The van der Waals surface area contributed by atoms with E-state index in [0.29, 0.717) is 5.69 Å². The van der Waals surface area contributed by atoms with E-state index < -0.39 is 11.8 Å². The van der Waals surface area contributed by atoms with Crippen LogP contribution in [-0.4, -0.2) is 19.3 Å². The predicted molar refractivity (Wildman–Crippen MR) is 79.1 cm³/mol. The fraction of sp³-hybridized carbons (Fsp3) is 0.0667. The van der Waals surface area contributed by atoms with Gasteiger partial charge in [-0.3, -0.25) is 4.99 Å². The molecule has 3 nitrogen and oxygen atoms in total. The van der Waals surface area contributed by atoms with Crippen molar-refractivity contribution in [2.45, 2.75) is 0 Å². The van der Waals surface area contributed by atoms with Gasteiger partial charge in [0.1, 0.15) is 5.82 Å². The minimum Gasteiger partial charge on any atom is -0.465 e. The van der Waals surface area contributed by atoms with E-state index in [1.54, 1.807) is 6.21 Å². The number of benzene rings is 2. The van der Waals surface area contributed by atoms with Crippen LogP contribution in [0, 0.1) is 5.82 Å².